The second kappa shape index (κ2) is 6.84. The van der Waals surface area contributed by atoms with Crippen LogP contribution in [0, 0.1) is 0 Å². The molecule has 0 fully saturated rings. The second-order valence-corrected chi connectivity index (χ2v) is 6.46. The minimum absolute atomic E-state index is 0.769. The summed E-state index contributed by atoms with van der Waals surface area (Å²) in [5.41, 5.74) is 2.33. The van der Waals surface area contributed by atoms with E-state index in [-0.39, 0.29) is 0 Å². The van der Waals surface area contributed by atoms with Crippen LogP contribution in [0.2, 0.25) is 0 Å². The molecule has 1 heterocycles. The first-order valence-electron chi connectivity index (χ1n) is 7.79. The van der Waals surface area contributed by atoms with Gasteiger partial charge >= 0.3 is 0 Å². The zero-order chi connectivity index (χ0) is 16.2. The van der Waals surface area contributed by atoms with Gasteiger partial charge in [0, 0.05) is 5.75 Å². The van der Waals surface area contributed by atoms with E-state index in [0.29, 0.717) is 0 Å². The molecule has 5 heteroatoms. The molecule has 4 aromatic rings. The fraction of sp³-hybridized carbons (Fsp3) is 0.105. The van der Waals surface area contributed by atoms with E-state index in [2.05, 4.69) is 58.0 Å². The summed E-state index contributed by atoms with van der Waals surface area (Å²) in [6.07, 6.45) is 0. The van der Waals surface area contributed by atoms with Gasteiger partial charge in [0.15, 0.2) is 5.82 Å². The molecule has 4 nitrogen and oxygen atoms in total. The summed E-state index contributed by atoms with van der Waals surface area (Å²) in [5.74, 6) is 2.57. The third-order valence-electron chi connectivity index (χ3n) is 3.90. The second-order valence-electron chi connectivity index (χ2n) is 5.47. The van der Waals surface area contributed by atoms with Crippen molar-refractivity contribution in [2.24, 2.45) is 0 Å². The first-order chi connectivity index (χ1) is 11.9. The van der Waals surface area contributed by atoms with E-state index in [0.717, 1.165) is 23.0 Å². The van der Waals surface area contributed by atoms with Crippen molar-refractivity contribution < 1.29 is 0 Å². The summed E-state index contributed by atoms with van der Waals surface area (Å²) in [5, 5.41) is 14.7. The standard InChI is InChI=1S/C19H16N4S/c1-2-10-17(11-3-1)23-19(20-21-22-23)14-24-13-16-9-6-8-15-7-4-5-12-18(15)16/h1-12H,13-14H2. The van der Waals surface area contributed by atoms with E-state index < -0.39 is 0 Å². The van der Waals surface area contributed by atoms with Crippen molar-refractivity contribution in [1.29, 1.82) is 0 Å². The highest BCUT2D eigenvalue weighted by molar-refractivity contribution is 7.97. The Hall–Kier alpha value is -2.66. The van der Waals surface area contributed by atoms with Crippen LogP contribution in [0.5, 0.6) is 0 Å². The highest BCUT2D eigenvalue weighted by Gasteiger charge is 2.08. The lowest BCUT2D eigenvalue weighted by atomic mass is 10.1. The van der Waals surface area contributed by atoms with Crippen LogP contribution in [0.1, 0.15) is 11.4 Å². The molecule has 0 saturated carbocycles. The predicted molar refractivity (Wildman–Crippen MR) is 98.1 cm³/mol. The van der Waals surface area contributed by atoms with E-state index in [1.807, 2.05) is 42.1 Å². The van der Waals surface area contributed by atoms with Crippen molar-refractivity contribution in [1.82, 2.24) is 20.2 Å². The molecular formula is C19H16N4S. The molecule has 0 radical (unpaired) electrons. The number of benzene rings is 3. The van der Waals surface area contributed by atoms with Crippen LogP contribution >= 0.6 is 11.8 Å². The van der Waals surface area contributed by atoms with Crippen LogP contribution < -0.4 is 0 Å². The molecule has 3 aromatic carbocycles. The number of para-hydroxylation sites is 1. The van der Waals surface area contributed by atoms with E-state index in [1.165, 1.54) is 16.3 Å². The average Bonchev–Trinajstić information content (AvgIpc) is 3.11. The molecule has 0 aliphatic rings. The smallest absolute Gasteiger partial charge is 0.166 e. The Balaban J connectivity index is 1.50. The monoisotopic (exact) mass is 332 g/mol. The summed E-state index contributed by atoms with van der Waals surface area (Å²) in [7, 11) is 0. The van der Waals surface area contributed by atoms with Crippen molar-refractivity contribution in [3.05, 3.63) is 84.2 Å². The predicted octanol–water partition coefficient (Wildman–Crippen LogP) is 4.25. The van der Waals surface area contributed by atoms with Crippen LogP contribution in [0.4, 0.5) is 0 Å². The van der Waals surface area contributed by atoms with Gasteiger partial charge in [0.2, 0.25) is 0 Å². The van der Waals surface area contributed by atoms with Crippen molar-refractivity contribution in [3.8, 4) is 5.69 Å². The number of aromatic nitrogens is 4. The third kappa shape index (κ3) is 3.03. The number of nitrogens with zero attached hydrogens (tertiary/aromatic N) is 4. The quantitative estimate of drug-likeness (QED) is 0.548. The van der Waals surface area contributed by atoms with Gasteiger partial charge in [-0.1, -0.05) is 60.7 Å². The fourth-order valence-electron chi connectivity index (χ4n) is 2.74. The van der Waals surface area contributed by atoms with E-state index in [1.54, 1.807) is 4.68 Å². The zero-order valence-electron chi connectivity index (χ0n) is 13.0. The van der Waals surface area contributed by atoms with Crippen LogP contribution in [0.15, 0.2) is 72.8 Å². The first kappa shape index (κ1) is 14.9. The van der Waals surface area contributed by atoms with Gasteiger partial charge in [0.05, 0.1) is 11.4 Å². The Bertz CT molecular complexity index is 944. The van der Waals surface area contributed by atoms with Crippen LogP contribution in [-0.4, -0.2) is 20.2 Å². The molecule has 0 amide bonds. The molecule has 0 atom stereocenters. The molecule has 4 rings (SSSR count). The molecule has 118 valence electrons. The third-order valence-corrected chi connectivity index (χ3v) is 4.88. The largest absolute Gasteiger partial charge is 0.196 e. The lowest BCUT2D eigenvalue weighted by molar-refractivity contribution is 0.777. The van der Waals surface area contributed by atoms with Gasteiger partial charge < -0.3 is 0 Å². The topological polar surface area (TPSA) is 43.6 Å². The minimum Gasteiger partial charge on any atom is -0.196 e. The molecule has 24 heavy (non-hydrogen) atoms. The number of thioether (sulfide) groups is 1. The molecule has 0 saturated heterocycles. The number of rotatable bonds is 5. The number of hydrogen-bond acceptors (Lipinski definition) is 4. The van der Waals surface area contributed by atoms with Crippen LogP contribution in [0.3, 0.4) is 0 Å². The molecule has 0 N–H and O–H groups in total. The highest BCUT2D eigenvalue weighted by atomic mass is 32.2. The van der Waals surface area contributed by atoms with Gasteiger partial charge in [-0.25, -0.2) is 0 Å². The fourth-order valence-corrected chi connectivity index (χ4v) is 3.67. The molecule has 0 bridgehead atoms. The van der Waals surface area contributed by atoms with Gasteiger partial charge in [0.25, 0.3) is 0 Å². The Morgan fingerprint density at radius 2 is 1.58 bits per heavy atom. The summed E-state index contributed by atoms with van der Waals surface area (Å²) >= 11 is 1.82. The molecular weight excluding hydrogens is 316 g/mol. The number of tetrazole rings is 1. The lowest BCUT2D eigenvalue weighted by Gasteiger charge is -2.07. The van der Waals surface area contributed by atoms with Crippen LogP contribution in [-0.2, 0) is 11.5 Å². The minimum atomic E-state index is 0.769. The van der Waals surface area contributed by atoms with Gasteiger partial charge in [-0.15, -0.1) is 16.9 Å². The Morgan fingerprint density at radius 3 is 2.50 bits per heavy atom. The van der Waals surface area contributed by atoms with Crippen molar-refractivity contribution in [2.45, 2.75) is 11.5 Å². The lowest BCUT2D eigenvalue weighted by Crippen LogP contribution is -2.02. The van der Waals surface area contributed by atoms with Crippen molar-refractivity contribution in [2.75, 3.05) is 0 Å². The molecule has 0 spiro atoms. The maximum absolute atomic E-state index is 4.17. The van der Waals surface area contributed by atoms with E-state index in [9.17, 15) is 0 Å². The summed E-state index contributed by atoms with van der Waals surface area (Å²) in [6, 6.07) is 24.9. The van der Waals surface area contributed by atoms with E-state index in [4.69, 9.17) is 0 Å². The molecule has 0 aliphatic heterocycles. The van der Waals surface area contributed by atoms with Crippen LogP contribution in [0.25, 0.3) is 16.5 Å². The summed E-state index contributed by atoms with van der Waals surface area (Å²) < 4.78 is 1.80. The van der Waals surface area contributed by atoms with Gasteiger partial charge in [-0.2, -0.15) is 4.68 Å². The molecule has 0 unspecified atom stereocenters. The summed E-state index contributed by atoms with van der Waals surface area (Å²) in [6.45, 7) is 0. The molecule has 1 aromatic heterocycles. The Kier molecular flexibility index (Phi) is 4.25. The zero-order valence-corrected chi connectivity index (χ0v) is 13.9. The van der Waals surface area contributed by atoms with Gasteiger partial charge in [-0.05, 0) is 38.9 Å². The highest BCUT2D eigenvalue weighted by Crippen LogP contribution is 2.24. The number of fused-ring (bicyclic) bond motifs is 1. The van der Waals surface area contributed by atoms with Gasteiger partial charge in [-0.3, -0.25) is 0 Å². The average molecular weight is 332 g/mol. The SMILES string of the molecule is c1ccc(-n2nnnc2CSCc2cccc3ccccc23)cc1. The summed E-state index contributed by atoms with van der Waals surface area (Å²) in [4.78, 5) is 0. The van der Waals surface area contributed by atoms with E-state index >= 15 is 0 Å². The maximum atomic E-state index is 4.17. The Morgan fingerprint density at radius 1 is 0.792 bits per heavy atom. The molecule has 0 aliphatic carbocycles. The maximum Gasteiger partial charge on any atom is 0.166 e. The van der Waals surface area contributed by atoms with Gasteiger partial charge in [0.1, 0.15) is 0 Å². The van der Waals surface area contributed by atoms with Crippen molar-refractivity contribution >= 4 is 22.5 Å². The first-order valence-corrected chi connectivity index (χ1v) is 8.94. The normalized spacial score (nSPS) is 11.0. The number of hydrogen-bond donors (Lipinski definition) is 0. The van der Waals surface area contributed by atoms with Crippen molar-refractivity contribution in [3.63, 3.8) is 0 Å². The Labute approximate surface area is 144 Å².